The fourth-order valence-electron chi connectivity index (χ4n) is 9.34. The van der Waals surface area contributed by atoms with E-state index in [9.17, 15) is 14.4 Å². The number of nitrogens with zero attached hydrogens (tertiary/aromatic N) is 2. The molecule has 1 saturated heterocycles. The zero-order valence-corrected chi connectivity index (χ0v) is 39.4. The zero-order valence-electron chi connectivity index (χ0n) is 37.8. The van der Waals surface area contributed by atoms with Gasteiger partial charge in [-0.3, -0.25) is 9.59 Å². The van der Waals surface area contributed by atoms with E-state index in [0.29, 0.717) is 36.7 Å². The normalized spacial score (nSPS) is 18.2. The Morgan fingerprint density at radius 1 is 0.824 bits per heavy atom. The third-order valence-corrected chi connectivity index (χ3v) is 15.1. The highest BCUT2D eigenvalue weighted by atomic mass is 32.2. The molecule has 68 heavy (non-hydrogen) atoms. The molecule has 1 spiro atoms. The van der Waals surface area contributed by atoms with Gasteiger partial charge in [0.25, 0.3) is 0 Å². The van der Waals surface area contributed by atoms with Crippen LogP contribution in [0, 0.1) is 5.92 Å². The second-order valence-electron chi connectivity index (χ2n) is 17.2. The van der Waals surface area contributed by atoms with Crippen LogP contribution in [0.5, 0.6) is 23.0 Å². The molecule has 5 aromatic carbocycles. The van der Waals surface area contributed by atoms with Crippen LogP contribution in [0.15, 0.2) is 138 Å². The summed E-state index contributed by atoms with van der Waals surface area (Å²) < 4.78 is 26.3. The molecule has 4 aliphatic heterocycles. The van der Waals surface area contributed by atoms with Crippen molar-refractivity contribution in [3.63, 3.8) is 0 Å². The molecule has 0 N–H and O–H groups in total. The fraction of sp³-hybridized carbons (Fsp3) is 0.273. The Morgan fingerprint density at radius 2 is 1.60 bits per heavy atom. The van der Waals surface area contributed by atoms with E-state index in [0.717, 1.165) is 99.0 Å². The molecule has 0 aliphatic carbocycles. The smallest absolute Gasteiger partial charge is 0.373 e. The summed E-state index contributed by atoms with van der Waals surface area (Å²) in [6.45, 7) is 2.90. The van der Waals surface area contributed by atoms with Gasteiger partial charge in [-0.2, -0.15) is 9.59 Å². The van der Waals surface area contributed by atoms with Crippen LogP contribution in [0.4, 0.5) is 11.4 Å². The first kappa shape index (κ1) is 46.2. The Labute approximate surface area is 403 Å². The third kappa shape index (κ3) is 9.34. The lowest BCUT2D eigenvalue weighted by molar-refractivity contribution is -0.191. The molecule has 13 heteroatoms. The number of thiophene rings is 1. The van der Waals surface area contributed by atoms with Crippen LogP contribution in [-0.4, -0.2) is 53.5 Å². The summed E-state index contributed by atoms with van der Waals surface area (Å²) in [4.78, 5) is 60.5. The number of Topliss-reactive ketones (excluding diaryl/α,β-unsaturated/α-hetero) is 1. The number of esters is 1. The summed E-state index contributed by atoms with van der Waals surface area (Å²) in [5.74, 6) is 2.89. The third-order valence-electron chi connectivity index (χ3n) is 12.8. The summed E-state index contributed by atoms with van der Waals surface area (Å²) in [7, 11) is 2.03. The average molecular weight is 947 g/mol. The van der Waals surface area contributed by atoms with Gasteiger partial charge in [-0.25, -0.2) is 4.79 Å². The molecule has 11 nitrogen and oxygen atoms in total. The van der Waals surface area contributed by atoms with E-state index in [1.807, 2.05) is 116 Å². The number of anilines is 2. The molecule has 1 unspecified atom stereocenters. The van der Waals surface area contributed by atoms with Gasteiger partial charge in [-0.05, 0) is 89.5 Å². The van der Waals surface area contributed by atoms with Crippen molar-refractivity contribution in [2.75, 3.05) is 24.3 Å². The first-order valence-electron chi connectivity index (χ1n) is 22.8. The lowest BCUT2D eigenvalue weighted by Gasteiger charge is -2.47. The maximum atomic E-state index is 13.7. The minimum atomic E-state index is -1.20. The minimum absolute atomic E-state index is 0.00467. The lowest BCUT2D eigenvalue weighted by Crippen LogP contribution is -2.58. The fourth-order valence-corrected chi connectivity index (χ4v) is 11.4. The van der Waals surface area contributed by atoms with Crippen molar-refractivity contribution in [3.8, 4) is 23.0 Å². The van der Waals surface area contributed by atoms with E-state index in [1.54, 1.807) is 28.0 Å². The van der Waals surface area contributed by atoms with Crippen LogP contribution in [0.3, 0.4) is 0 Å². The van der Waals surface area contributed by atoms with Crippen molar-refractivity contribution in [2.24, 2.45) is 5.92 Å². The number of carbonyl (C=O) groups excluding carboxylic acids is 5. The number of ether oxygens (including phenoxy) is 4. The van der Waals surface area contributed by atoms with Gasteiger partial charge in [0, 0.05) is 76.9 Å². The first-order chi connectivity index (χ1) is 33.2. The first-order valence-corrected chi connectivity index (χ1v) is 24.8. The van der Waals surface area contributed by atoms with E-state index in [4.69, 9.17) is 28.5 Å². The lowest BCUT2D eigenvalue weighted by atomic mass is 9.77. The topological polar surface area (TPSA) is 129 Å². The molecule has 6 aromatic rings. The number of ketones is 1. The van der Waals surface area contributed by atoms with Crippen LogP contribution in [-0.2, 0) is 49.0 Å². The number of fused-ring (bicyclic) bond motifs is 7. The number of hydrogen-bond donors (Lipinski definition) is 0. The largest absolute Gasteiger partial charge is 0.489 e. The van der Waals surface area contributed by atoms with Crippen molar-refractivity contribution in [1.82, 2.24) is 4.90 Å². The summed E-state index contributed by atoms with van der Waals surface area (Å²) >= 11 is 3.27. The standard InChI is InChI=1S/C54H50N2O7S2.CO2/c1-3-4-5-7-13-37-26-47-50(62-49-27-39(55(2)38-14-8-6-9-15-38)21-24-46(49)54(47)45-18-11-10-17-43(45)53(59)63-54)30-48(37)61-32-35-19-22-41(23-20-35)60-33-36-31-56-51(58)44(52(56)65-34-36)29-40(57)28-42-16-12-25-64-42;2-1-3/h6,8-12,14-27,30-31,44,52H,3-5,7,13,28-29,32-34H2,1-2H3;/t44-,52-,54?;/m0./s1. The van der Waals surface area contributed by atoms with E-state index in [2.05, 4.69) is 36.1 Å². The van der Waals surface area contributed by atoms with E-state index in [-0.39, 0.29) is 41.5 Å². The van der Waals surface area contributed by atoms with Gasteiger partial charge >= 0.3 is 12.1 Å². The molecule has 0 radical (unpaired) electrons. The molecule has 1 fully saturated rings. The van der Waals surface area contributed by atoms with Crippen molar-refractivity contribution in [1.29, 1.82) is 0 Å². The highest BCUT2D eigenvalue weighted by Gasteiger charge is 2.54. The highest BCUT2D eigenvalue weighted by molar-refractivity contribution is 8.00. The molecule has 5 heterocycles. The Bertz CT molecular complexity index is 2880. The molecule has 0 saturated carbocycles. The van der Waals surface area contributed by atoms with E-state index >= 15 is 0 Å². The summed E-state index contributed by atoms with van der Waals surface area (Å²) in [5.41, 5.74) is 6.71. The number of carbonyl (C=O) groups is 3. The number of aryl methyl sites for hydroxylation is 1. The zero-order chi connectivity index (χ0) is 47.2. The summed E-state index contributed by atoms with van der Waals surface area (Å²) in [5, 5.41) is 1.98. The SMILES string of the molecule is CCCCCCc1cc2c(cc1OCc1ccc(OCC3=CN4C(=O)[C@H](CC(=O)Cc5cccs5)[C@@H]4SC3)cc1)Oc1cc(N(C)c3ccccc3)ccc1C21OC(=O)c2ccccc21.O=C=O. The molecule has 1 amide bonds. The maximum Gasteiger partial charge on any atom is 0.373 e. The number of β-lactam (4-membered cyclic amide) rings is 1. The Kier molecular flexibility index (Phi) is 13.9. The number of rotatable bonds is 17. The van der Waals surface area contributed by atoms with Gasteiger partial charge in [0.1, 0.15) is 42.0 Å². The highest BCUT2D eigenvalue weighted by Crippen LogP contribution is 2.58. The van der Waals surface area contributed by atoms with Gasteiger partial charge in [0.05, 0.1) is 16.9 Å². The maximum absolute atomic E-state index is 13.7. The van der Waals surface area contributed by atoms with Gasteiger partial charge < -0.3 is 28.7 Å². The average Bonchev–Trinajstić information content (AvgIpc) is 3.99. The second-order valence-corrected chi connectivity index (χ2v) is 19.3. The second kappa shape index (κ2) is 20.5. The molecule has 10 rings (SSSR count). The monoisotopic (exact) mass is 946 g/mol. The van der Waals surface area contributed by atoms with Crippen LogP contribution in [0.25, 0.3) is 0 Å². The number of amides is 1. The van der Waals surface area contributed by atoms with Crippen LogP contribution in [0.2, 0.25) is 0 Å². The van der Waals surface area contributed by atoms with Crippen LogP contribution < -0.4 is 19.1 Å². The number of benzene rings is 5. The van der Waals surface area contributed by atoms with E-state index in [1.165, 1.54) is 0 Å². The Balaban J connectivity index is 0.00000188. The Hall–Kier alpha value is -6.92. The quantitative estimate of drug-likeness (QED) is 0.0492. The number of unbranched alkanes of at least 4 members (excludes halogenated alkanes) is 3. The van der Waals surface area contributed by atoms with Gasteiger partial charge in [0.2, 0.25) is 5.91 Å². The molecule has 0 bridgehead atoms. The molecule has 1 aromatic heterocycles. The molecular formula is C55H50N2O9S2. The number of hydrogen-bond acceptors (Lipinski definition) is 12. The van der Waals surface area contributed by atoms with Crippen molar-refractivity contribution < 1.29 is 42.9 Å². The molecule has 3 atom stereocenters. The van der Waals surface area contributed by atoms with Crippen LogP contribution >= 0.6 is 23.1 Å². The molecule has 4 aliphatic rings. The predicted octanol–water partition coefficient (Wildman–Crippen LogP) is 11.2. The van der Waals surface area contributed by atoms with Crippen molar-refractivity contribution in [3.05, 3.63) is 177 Å². The van der Waals surface area contributed by atoms with Crippen molar-refractivity contribution in [2.45, 2.75) is 69.5 Å². The minimum Gasteiger partial charge on any atom is -0.489 e. The summed E-state index contributed by atoms with van der Waals surface area (Å²) in [6.07, 6.45) is 7.99. The number of para-hydroxylation sites is 1. The number of thioether (sulfide) groups is 1. The van der Waals surface area contributed by atoms with Crippen LogP contribution in [0.1, 0.15) is 82.1 Å². The van der Waals surface area contributed by atoms with Gasteiger partial charge in [0.15, 0.2) is 5.60 Å². The summed E-state index contributed by atoms with van der Waals surface area (Å²) in [6, 6.07) is 39.8. The van der Waals surface area contributed by atoms with Gasteiger partial charge in [-0.1, -0.05) is 80.8 Å². The van der Waals surface area contributed by atoms with Crippen molar-refractivity contribution >= 4 is 58.3 Å². The molecular weight excluding hydrogens is 897 g/mol. The van der Waals surface area contributed by atoms with Gasteiger partial charge in [-0.15, -0.1) is 23.1 Å². The predicted molar refractivity (Wildman–Crippen MR) is 261 cm³/mol. The van der Waals surface area contributed by atoms with E-state index < -0.39 is 5.60 Å². The Morgan fingerprint density at radius 3 is 2.38 bits per heavy atom. The molecule has 346 valence electrons.